The summed E-state index contributed by atoms with van der Waals surface area (Å²) in [5, 5.41) is 11.0. The van der Waals surface area contributed by atoms with E-state index in [2.05, 4.69) is 11.1 Å². The van der Waals surface area contributed by atoms with Crippen LogP contribution in [0.1, 0.15) is 6.92 Å². The Morgan fingerprint density at radius 3 is 2.76 bits per heavy atom. The summed E-state index contributed by atoms with van der Waals surface area (Å²) < 4.78 is 11.3. The van der Waals surface area contributed by atoms with Crippen LogP contribution in [0.4, 0.5) is 5.82 Å². The molecule has 3 rings (SSSR count). The van der Waals surface area contributed by atoms with E-state index in [4.69, 9.17) is 14.7 Å². The molecular weight excluding hydrogens is 266 g/mol. The highest BCUT2D eigenvalue weighted by atomic mass is 16.6. The number of fused-ring (bicyclic) bond motifs is 2. The van der Waals surface area contributed by atoms with Crippen molar-refractivity contribution in [3.63, 3.8) is 0 Å². The third-order valence-electron chi connectivity index (χ3n) is 3.54. The summed E-state index contributed by atoms with van der Waals surface area (Å²) in [5.41, 5.74) is 0. The topological polar surface area (TPSA) is 58.4 Å². The van der Waals surface area contributed by atoms with E-state index in [1.165, 1.54) is 0 Å². The molecule has 0 saturated carbocycles. The molecule has 1 aliphatic rings. The van der Waals surface area contributed by atoms with Crippen LogP contribution < -0.4 is 14.4 Å². The van der Waals surface area contributed by atoms with Crippen LogP contribution in [0.5, 0.6) is 11.5 Å². The molecule has 0 fully saturated rings. The van der Waals surface area contributed by atoms with Gasteiger partial charge in [0, 0.05) is 25.2 Å². The second-order valence-corrected chi connectivity index (χ2v) is 5.26. The molecular formula is C16H17N3O2. The molecule has 108 valence electrons. The molecule has 1 aromatic carbocycles. The van der Waals surface area contributed by atoms with Crippen LogP contribution in [0.2, 0.25) is 0 Å². The normalized spacial score (nSPS) is 14.5. The van der Waals surface area contributed by atoms with Gasteiger partial charge in [-0.05, 0) is 30.5 Å². The summed E-state index contributed by atoms with van der Waals surface area (Å²) in [6, 6.07) is 8.16. The van der Waals surface area contributed by atoms with Gasteiger partial charge in [0.05, 0.1) is 12.0 Å². The second kappa shape index (κ2) is 5.49. The van der Waals surface area contributed by atoms with Crippen LogP contribution in [0.3, 0.4) is 0 Å². The van der Waals surface area contributed by atoms with Gasteiger partial charge in [-0.2, -0.15) is 5.26 Å². The molecule has 1 aromatic heterocycles. The minimum absolute atomic E-state index is 0.0516. The fraction of sp³-hybridized carbons (Fsp3) is 0.375. The van der Waals surface area contributed by atoms with Crippen molar-refractivity contribution >= 4 is 16.6 Å². The van der Waals surface area contributed by atoms with Crippen LogP contribution in [0.25, 0.3) is 10.8 Å². The summed E-state index contributed by atoms with van der Waals surface area (Å²) in [7, 11) is 1.95. The zero-order valence-corrected chi connectivity index (χ0v) is 12.2. The third kappa shape index (κ3) is 2.57. The third-order valence-corrected chi connectivity index (χ3v) is 3.54. The SMILES string of the molecule is CC(C#N)CN(C)c1nccc2cc3c(cc12)OCCO3. The van der Waals surface area contributed by atoms with Gasteiger partial charge < -0.3 is 14.4 Å². The number of hydrogen-bond acceptors (Lipinski definition) is 5. The zero-order valence-electron chi connectivity index (χ0n) is 12.2. The first kappa shape index (κ1) is 13.5. The first-order valence-electron chi connectivity index (χ1n) is 6.98. The number of aromatic nitrogens is 1. The molecule has 5 nitrogen and oxygen atoms in total. The number of hydrogen-bond donors (Lipinski definition) is 0. The van der Waals surface area contributed by atoms with Gasteiger partial charge in [0.1, 0.15) is 19.0 Å². The van der Waals surface area contributed by atoms with Crippen molar-refractivity contribution in [3.05, 3.63) is 24.4 Å². The number of rotatable bonds is 3. The summed E-state index contributed by atoms with van der Waals surface area (Å²) in [6.45, 7) is 3.68. The molecule has 5 heteroatoms. The average molecular weight is 283 g/mol. The van der Waals surface area contributed by atoms with Gasteiger partial charge in [-0.25, -0.2) is 4.98 Å². The standard InChI is InChI=1S/C16H17N3O2/c1-11(9-17)10-19(2)16-13-8-15-14(20-5-6-21-15)7-12(13)3-4-18-16/h3-4,7-8,11H,5-6,10H2,1-2H3. The van der Waals surface area contributed by atoms with E-state index in [1.54, 1.807) is 6.20 Å². The Kier molecular flexibility index (Phi) is 3.53. The van der Waals surface area contributed by atoms with E-state index in [0.717, 1.165) is 28.1 Å². The Labute approximate surface area is 123 Å². The Hall–Kier alpha value is -2.48. The van der Waals surface area contributed by atoms with E-state index in [1.807, 2.05) is 37.1 Å². The molecule has 0 saturated heterocycles. The number of anilines is 1. The average Bonchev–Trinajstić information content (AvgIpc) is 2.52. The molecule has 0 spiro atoms. The summed E-state index contributed by atoms with van der Waals surface area (Å²) in [5.74, 6) is 2.33. The highest BCUT2D eigenvalue weighted by Crippen LogP contribution is 2.37. The van der Waals surface area contributed by atoms with Gasteiger partial charge >= 0.3 is 0 Å². The quantitative estimate of drug-likeness (QED) is 0.866. The van der Waals surface area contributed by atoms with Crippen molar-refractivity contribution in [1.82, 2.24) is 4.98 Å². The maximum Gasteiger partial charge on any atom is 0.162 e. The maximum absolute atomic E-state index is 8.97. The number of benzene rings is 1. The van der Waals surface area contributed by atoms with Crippen molar-refractivity contribution in [3.8, 4) is 17.6 Å². The van der Waals surface area contributed by atoms with E-state index in [0.29, 0.717) is 19.8 Å². The Morgan fingerprint density at radius 1 is 1.33 bits per heavy atom. The summed E-state index contributed by atoms with van der Waals surface area (Å²) in [4.78, 5) is 6.47. The first-order valence-corrected chi connectivity index (χ1v) is 6.98. The molecule has 1 atom stereocenters. The minimum atomic E-state index is -0.0516. The number of pyridine rings is 1. The Bertz CT molecular complexity index is 708. The minimum Gasteiger partial charge on any atom is -0.486 e. The van der Waals surface area contributed by atoms with Crippen LogP contribution in [-0.4, -0.2) is 31.8 Å². The second-order valence-electron chi connectivity index (χ2n) is 5.26. The van der Waals surface area contributed by atoms with E-state index >= 15 is 0 Å². The van der Waals surface area contributed by atoms with Crippen molar-refractivity contribution in [2.45, 2.75) is 6.92 Å². The summed E-state index contributed by atoms with van der Waals surface area (Å²) >= 11 is 0. The molecule has 0 N–H and O–H groups in total. The molecule has 0 bridgehead atoms. The summed E-state index contributed by atoms with van der Waals surface area (Å²) in [6.07, 6.45) is 1.78. The van der Waals surface area contributed by atoms with Gasteiger partial charge in [0.25, 0.3) is 0 Å². The lowest BCUT2D eigenvalue weighted by Crippen LogP contribution is -2.24. The molecule has 21 heavy (non-hydrogen) atoms. The highest BCUT2D eigenvalue weighted by Gasteiger charge is 2.16. The lowest BCUT2D eigenvalue weighted by atomic mass is 10.1. The van der Waals surface area contributed by atoms with Crippen molar-refractivity contribution < 1.29 is 9.47 Å². The van der Waals surface area contributed by atoms with Crippen LogP contribution in [0, 0.1) is 17.2 Å². The molecule has 1 aliphatic heterocycles. The fourth-order valence-corrected chi connectivity index (χ4v) is 2.54. The molecule has 0 radical (unpaired) electrons. The monoisotopic (exact) mass is 283 g/mol. The number of ether oxygens (including phenoxy) is 2. The van der Waals surface area contributed by atoms with Crippen LogP contribution in [-0.2, 0) is 0 Å². The van der Waals surface area contributed by atoms with Crippen molar-refractivity contribution in [2.24, 2.45) is 5.92 Å². The van der Waals surface area contributed by atoms with E-state index in [9.17, 15) is 0 Å². The van der Waals surface area contributed by atoms with Crippen molar-refractivity contribution in [2.75, 3.05) is 31.7 Å². The van der Waals surface area contributed by atoms with E-state index in [-0.39, 0.29) is 5.92 Å². The number of nitriles is 1. The molecule has 2 aromatic rings. The lowest BCUT2D eigenvalue weighted by Gasteiger charge is -2.23. The van der Waals surface area contributed by atoms with Crippen LogP contribution >= 0.6 is 0 Å². The van der Waals surface area contributed by atoms with E-state index < -0.39 is 0 Å². The van der Waals surface area contributed by atoms with Gasteiger partial charge in [-0.1, -0.05) is 0 Å². The van der Waals surface area contributed by atoms with Crippen molar-refractivity contribution in [1.29, 1.82) is 5.26 Å². The van der Waals surface area contributed by atoms with Gasteiger partial charge in [-0.15, -0.1) is 0 Å². The maximum atomic E-state index is 8.97. The first-order chi connectivity index (χ1) is 10.2. The van der Waals surface area contributed by atoms with Gasteiger partial charge in [0.2, 0.25) is 0 Å². The fourth-order valence-electron chi connectivity index (χ4n) is 2.54. The highest BCUT2D eigenvalue weighted by molar-refractivity contribution is 5.94. The Morgan fingerprint density at radius 2 is 2.05 bits per heavy atom. The largest absolute Gasteiger partial charge is 0.486 e. The van der Waals surface area contributed by atoms with Gasteiger partial charge in [0.15, 0.2) is 11.5 Å². The lowest BCUT2D eigenvalue weighted by molar-refractivity contribution is 0.172. The molecule has 0 amide bonds. The smallest absolute Gasteiger partial charge is 0.162 e. The molecule has 1 unspecified atom stereocenters. The Balaban J connectivity index is 2.05. The predicted octanol–water partition coefficient (Wildman–Crippen LogP) is 2.60. The van der Waals surface area contributed by atoms with Gasteiger partial charge in [-0.3, -0.25) is 0 Å². The zero-order chi connectivity index (χ0) is 14.8. The predicted molar refractivity (Wildman–Crippen MR) is 80.8 cm³/mol. The van der Waals surface area contributed by atoms with Crippen LogP contribution in [0.15, 0.2) is 24.4 Å². The number of nitrogens with zero attached hydrogens (tertiary/aromatic N) is 3. The molecule has 2 heterocycles. The molecule has 0 aliphatic carbocycles.